The van der Waals surface area contributed by atoms with Crippen molar-refractivity contribution in [2.24, 2.45) is 0 Å². The molecule has 0 aliphatic heterocycles. The summed E-state index contributed by atoms with van der Waals surface area (Å²) in [6.45, 7) is 6.41. The van der Waals surface area contributed by atoms with Crippen LogP contribution in [0.3, 0.4) is 0 Å². The van der Waals surface area contributed by atoms with Crippen molar-refractivity contribution >= 4 is 0 Å². The summed E-state index contributed by atoms with van der Waals surface area (Å²) in [7, 11) is 0. The molecule has 2 N–H and O–H groups in total. The smallest absolute Gasteiger partial charge is 0.0897 e. The number of rotatable bonds is 7. The van der Waals surface area contributed by atoms with E-state index in [0.29, 0.717) is 19.8 Å². The van der Waals surface area contributed by atoms with Crippen LogP contribution in [0.15, 0.2) is 24.3 Å². The molecule has 1 aromatic carbocycles. The van der Waals surface area contributed by atoms with Crippen LogP contribution in [0.25, 0.3) is 0 Å². The van der Waals surface area contributed by atoms with E-state index in [4.69, 9.17) is 4.74 Å². The van der Waals surface area contributed by atoms with Crippen molar-refractivity contribution in [3.05, 3.63) is 35.4 Å². The first kappa shape index (κ1) is 13.2. The molecular formula is C13H21NO2. The Hall–Kier alpha value is -0.900. The van der Waals surface area contributed by atoms with Gasteiger partial charge < -0.3 is 15.2 Å². The molecule has 0 fully saturated rings. The molecule has 90 valence electrons. The Balaban J connectivity index is 2.23. The summed E-state index contributed by atoms with van der Waals surface area (Å²) in [5, 5.41) is 12.8. The van der Waals surface area contributed by atoms with E-state index in [1.807, 2.05) is 19.1 Å². The van der Waals surface area contributed by atoms with E-state index in [0.717, 1.165) is 6.54 Å². The number of aliphatic hydroxyl groups is 1. The van der Waals surface area contributed by atoms with Crippen LogP contribution in [0.2, 0.25) is 0 Å². The summed E-state index contributed by atoms with van der Waals surface area (Å²) in [5.74, 6) is 0. The quantitative estimate of drug-likeness (QED) is 0.735. The number of aryl methyl sites for hydroxylation is 1. The van der Waals surface area contributed by atoms with E-state index in [1.165, 1.54) is 11.1 Å². The predicted octanol–water partition coefficient (Wildman–Crippen LogP) is 1.48. The van der Waals surface area contributed by atoms with E-state index in [9.17, 15) is 5.11 Å². The Morgan fingerprint density at radius 2 is 2.12 bits per heavy atom. The van der Waals surface area contributed by atoms with E-state index < -0.39 is 6.10 Å². The van der Waals surface area contributed by atoms with Crippen LogP contribution in [0, 0.1) is 6.92 Å². The van der Waals surface area contributed by atoms with Crippen molar-refractivity contribution in [1.82, 2.24) is 5.32 Å². The molecule has 0 saturated carbocycles. The SMILES string of the molecule is CCOCC(O)CNCc1ccccc1C. The van der Waals surface area contributed by atoms with Crippen molar-refractivity contribution in [2.45, 2.75) is 26.5 Å². The van der Waals surface area contributed by atoms with E-state index in [2.05, 4.69) is 24.4 Å². The van der Waals surface area contributed by atoms with Gasteiger partial charge >= 0.3 is 0 Å². The second-order valence-electron chi connectivity index (χ2n) is 3.87. The zero-order valence-electron chi connectivity index (χ0n) is 10.1. The van der Waals surface area contributed by atoms with Gasteiger partial charge in [0, 0.05) is 19.7 Å². The molecule has 1 atom stereocenters. The first-order valence-electron chi connectivity index (χ1n) is 5.75. The molecule has 1 rings (SSSR count). The van der Waals surface area contributed by atoms with Gasteiger partial charge in [0.15, 0.2) is 0 Å². The molecule has 16 heavy (non-hydrogen) atoms. The van der Waals surface area contributed by atoms with Crippen LogP contribution >= 0.6 is 0 Å². The lowest BCUT2D eigenvalue weighted by Crippen LogP contribution is -2.30. The highest BCUT2D eigenvalue weighted by molar-refractivity contribution is 5.25. The second-order valence-corrected chi connectivity index (χ2v) is 3.87. The molecule has 0 heterocycles. The predicted molar refractivity (Wildman–Crippen MR) is 65.4 cm³/mol. The van der Waals surface area contributed by atoms with Crippen LogP contribution < -0.4 is 5.32 Å². The van der Waals surface area contributed by atoms with Gasteiger partial charge in [-0.3, -0.25) is 0 Å². The van der Waals surface area contributed by atoms with E-state index in [1.54, 1.807) is 0 Å². The number of hydrogen-bond acceptors (Lipinski definition) is 3. The fourth-order valence-corrected chi connectivity index (χ4v) is 1.49. The van der Waals surface area contributed by atoms with Crippen LogP contribution in [-0.2, 0) is 11.3 Å². The largest absolute Gasteiger partial charge is 0.389 e. The standard InChI is InChI=1S/C13H21NO2/c1-3-16-10-13(15)9-14-8-12-7-5-4-6-11(12)2/h4-7,13-15H,3,8-10H2,1-2H3. The van der Waals surface area contributed by atoms with E-state index >= 15 is 0 Å². The summed E-state index contributed by atoms with van der Waals surface area (Å²) in [5.41, 5.74) is 2.54. The third-order valence-electron chi connectivity index (χ3n) is 2.47. The molecule has 0 aliphatic carbocycles. The van der Waals surface area contributed by atoms with Crippen LogP contribution in [0.5, 0.6) is 0 Å². The molecule has 1 aromatic rings. The summed E-state index contributed by atoms with van der Waals surface area (Å²) >= 11 is 0. The topological polar surface area (TPSA) is 41.5 Å². The van der Waals surface area contributed by atoms with Gasteiger partial charge in [-0.25, -0.2) is 0 Å². The van der Waals surface area contributed by atoms with Gasteiger partial charge in [0.2, 0.25) is 0 Å². The Bertz CT molecular complexity index is 302. The van der Waals surface area contributed by atoms with Crippen molar-refractivity contribution in [2.75, 3.05) is 19.8 Å². The van der Waals surface area contributed by atoms with Gasteiger partial charge in [-0.1, -0.05) is 24.3 Å². The molecule has 0 aromatic heterocycles. The Morgan fingerprint density at radius 3 is 2.81 bits per heavy atom. The minimum absolute atomic E-state index is 0.400. The summed E-state index contributed by atoms with van der Waals surface area (Å²) in [6, 6.07) is 8.24. The monoisotopic (exact) mass is 223 g/mol. The minimum atomic E-state index is -0.427. The molecular weight excluding hydrogens is 202 g/mol. The maximum Gasteiger partial charge on any atom is 0.0897 e. The molecule has 3 heteroatoms. The normalized spacial score (nSPS) is 12.7. The molecule has 0 spiro atoms. The van der Waals surface area contributed by atoms with E-state index in [-0.39, 0.29) is 0 Å². The molecule has 0 bridgehead atoms. The Labute approximate surface area is 97.4 Å². The Kier molecular flexibility index (Phi) is 6.08. The molecule has 0 aliphatic rings. The minimum Gasteiger partial charge on any atom is -0.389 e. The lowest BCUT2D eigenvalue weighted by molar-refractivity contribution is 0.0427. The van der Waals surface area contributed by atoms with Gasteiger partial charge in [0.1, 0.15) is 0 Å². The first-order chi connectivity index (χ1) is 7.74. The van der Waals surface area contributed by atoms with Crippen LogP contribution in [0.1, 0.15) is 18.1 Å². The van der Waals surface area contributed by atoms with Crippen molar-refractivity contribution in [3.63, 3.8) is 0 Å². The molecule has 3 nitrogen and oxygen atoms in total. The van der Waals surface area contributed by atoms with Crippen LogP contribution in [-0.4, -0.2) is 31.0 Å². The zero-order valence-corrected chi connectivity index (χ0v) is 10.1. The highest BCUT2D eigenvalue weighted by Gasteiger charge is 2.03. The third-order valence-corrected chi connectivity index (χ3v) is 2.47. The van der Waals surface area contributed by atoms with Gasteiger partial charge in [-0.05, 0) is 25.0 Å². The number of benzene rings is 1. The highest BCUT2D eigenvalue weighted by atomic mass is 16.5. The van der Waals surface area contributed by atoms with Gasteiger partial charge in [0.25, 0.3) is 0 Å². The fourth-order valence-electron chi connectivity index (χ4n) is 1.49. The fraction of sp³-hybridized carbons (Fsp3) is 0.538. The third kappa shape index (κ3) is 4.75. The lowest BCUT2D eigenvalue weighted by atomic mass is 10.1. The van der Waals surface area contributed by atoms with Crippen molar-refractivity contribution < 1.29 is 9.84 Å². The maximum absolute atomic E-state index is 9.54. The van der Waals surface area contributed by atoms with Gasteiger partial charge in [-0.2, -0.15) is 0 Å². The number of nitrogens with one attached hydrogen (secondary N) is 1. The molecule has 1 unspecified atom stereocenters. The second kappa shape index (κ2) is 7.39. The number of ether oxygens (including phenoxy) is 1. The average Bonchev–Trinajstić information content (AvgIpc) is 2.29. The van der Waals surface area contributed by atoms with Crippen molar-refractivity contribution in [1.29, 1.82) is 0 Å². The highest BCUT2D eigenvalue weighted by Crippen LogP contribution is 2.05. The Morgan fingerprint density at radius 1 is 1.38 bits per heavy atom. The molecule has 0 saturated heterocycles. The van der Waals surface area contributed by atoms with Gasteiger partial charge in [0.05, 0.1) is 12.7 Å². The summed E-state index contributed by atoms with van der Waals surface area (Å²) in [6.07, 6.45) is -0.427. The first-order valence-corrected chi connectivity index (χ1v) is 5.75. The average molecular weight is 223 g/mol. The lowest BCUT2D eigenvalue weighted by Gasteiger charge is -2.12. The maximum atomic E-state index is 9.54. The van der Waals surface area contributed by atoms with Gasteiger partial charge in [-0.15, -0.1) is 0 Å². The molecule has 0 amide bonds. The number of hydrogen-bond donors (Lipinski definition) is 2. The van der Waals surface area contributed by atoms with Crippen LogP contribution in [0.4, 0.5) is 0 Å². The summed E-state index contributed by atoms with van der Waals surface area (Å²) < 4.78 is 5.13. The number of aliphatic hydroxyl groups excluding tert-OH is 1. The van der Waals surface area contributed by atoms with Crippen molar-refractivity contribution in [3.8, 4) is 0 Å². The summed E-state index contributed by atoms with van der Waals surface area (Å²) in [4.78, 5) is 0. The molecule has 0 radical (unpaired) electrons. The zero-order chi connectivity index (χ0) is 11.8.